The zero-order valence-electron chi connectivity index (χ0n) is 20.2. The predicted molar refractivity (Wildman–Crippen MR) is 134 cm³/mol. The van der Waals surface area contributed by atoms with Crippen molar-refractivity contribution in [1.82, 2.24) is 0 Å². The molecular formula is C27H26O12. The van der Waals surface area contributed by atoms with Crippen LogP contribution in [0.4, 0.5) is 0 Å². The fourth-order valence-corrected chi connectivity index (χ4v) is 3.81. The third-order valence-electron chi connectivity index (χ3n) is 5.88. The molecule has 1 aliphatic heterocycles. The van der Waals surface area contributed by atoms with Gasteiger partial charge in [-0.2, -0.15) is 0 Å². The molecule has 1 aliphatic rings. The van der Waals surface area contributed by atoms with E-state index in [0.29, 0.717) is 5.56 Å². The molecule has 0 radical (unpaired) electrons. The van der Waals surface area contributed by atoms with Gasteiger partial charge < -0.3 is 55.1 Å². The summed E-state index contributed by atoms with van der Waals surface area (Å²) in [5, 5.41) is 78.6. The van der Waals surface area contributed by atoms with Gasteiger partial charge in [0.1, 0.15) is 48.3 Å². The lowest BCUT2D eigenvalue weighted by molar-refractivity contribution is -0.277. The Kier molecular flexibility index (Phi) is 8.12. The maximum absolute atomic E-state index is 12.3. The van der Waals surface area contributed by atoms with Crippen LogP contribution in [-0.4, -0.2) is 84.1 Å². The van der Waals surface area contributed by atoms with Crippen LogP contribution in [-0.2, 0) is 9.47 Å². The normalized spacial score (nSPS) is 23.0. The van der Waals surface area contributed by atoms with Crippen molar-refractivity contribution in [1.29, 1.82) is 0 Å². The summed E-state index contributed by atoms with van der Waals surface area (Å²) in [4.78, 5) is 12.3. The van der Waals surface area contributed by atoms with Crippen LogP contribution in [0.3, 0.4) is 0 Å². The molecule has 1 heterocycles. The number of aromatic hydroxyl groups is 5. The minimum atomic E-state index is -1.70. The third-order valence-corrected chi connectivity index (χ3v) is 5.88. The Labute approximate surface area is 221 Å². The number of carbonyl (C=O) groups is 1. The quantitative estimate of drug-likeness (QED) is 0.121. The van der Waals surface area contributed by atoms with Crippen LogP contribution in [0.5, 0.6) is 34.5 Å². The molecule has 39 heavy (non-hydrogen) atoms. The zero-order valence-corrected chi connectivity index (χ0v) is 20.2. The van der Waals surface area contributed by atoms with E-state index in [9.17, 15) is 45.6 Å². The van der Waals surface area contributed by atoms with E-state index >= 15 is 0 Å². The number of aliphatic hydroxyl groups is 3. The van der Waals surface area contributed by atoms with E-state index in [1.165, 1.54) is 18.2 Å². The molecule has 0 bridgehead atoms. The van der Waals surface area contributed by atoms with Crippen molar-refractivity contribution in [3.05, 3.63) is 71.3 Å². The second kappa shape index (κ2) is 11.5. The molecule has 12 nitrogen and oxygen atoms in total. The lowest BCUT2D eigenvalue weighted by Crippen LogP contribution is -2.60. The Hall–Kier alpha value is -4.49. The number of hydrogen-bond donors (Lipinski definition) is 8. The Morgan fingerprint density at radius 1 is 0.769 bits per heavy atom. The van der Waals surface area contributed by atoms with Gasteiger partial charge in [-0.15, -0.1) is 0 Å². The number of hydrogen-bond acceptors (Lipinski definition) is 12. The molecule has 0 saturated carbocycles. The molecule has 4 rings (SSSR count). The lowest BCUT2D eigenvalue weighted by atomic mass is 9.99. The molecule has 206 valence electrons. The van der Waals surface area contributed by atoms with E-state index < -0.39 is 60.5 Å². The summed E-state index contributed by atoms with van der Waals surface area (Å²) in [6, 6.07) is 12.4. The van der Waals surface area contributed by atoms with Gasteiger partial charge in [0, 0.05) is 6.07 Å². The average molecular weight is 542 g/mol. The monoisotopic (exact) mass is 542 g/mol. The van der Waals surface area contributed by atoms with Crippen molar-refractivity contribution < 1.29 is 59.9 Å². The van der Waals surface area contributed by atoms with E-state index in [2.05, 4.69) is 0 Å². The highest BCUT2D eigenvalue weighted by Crippen LogP contribution is 2.35. The van der Waals surface area contributed by atoms with Crippen LogP contribution in [0.1, 0.15) is 21.5 Å². The summed E-state index contributed by atoms with van der Waals surface area (Å²) in [7, 11) is 0. The fourth-order valence-electron chi connectivity index (χ4n) is 3.81. The summed E-state index contributed by atoms with van der Waals surface area (Å²) in [6.45, 7) is -0.583. The Morgan fingerprint density at radius 2 is 1.36 bits per heavy atom. The van der Waals surface area contributed by atoms with E-state index in [0.717, 1.165) is 17.7 Å². The fraction of sp³-hybridized carbons (Fsp3) is 0.222. The maximum Gasteiger partial charge on any atom is 0.338 e. The summed E-state index contributed by atoms with van der Waals surface area (Å²) < 4.78 is 16.2. The number of esters is 1. The molecule has 0 amide bonds. The number of aliphatic hydroxyl groups excluding tert-OH is 3. The largest absolute Gasteiger partial charge is 0.508 e. The Balaban J connectivity index is 1.38. The minimum Gasteiger partial charge on any atom is -0.508 e. The van der Waals surface area contributed by atoms with Gasteiger partial charge in [0.15, 0.2) is 17.2 Å². The Bertz CT molecular complexity index is 1310. The summed E-state index contributed by atoms with van der Waals surface area (Å²) in [5.74, 6) is -3.24. The van der Waals surface area contributed by atoms with Crippen molar-refractivity contribution in [2.24, 2.45) is 0 Å². The van der Waals surface area contributed by atoms with E-state index in [-0.39, 0.29) is 22.8 Å². The van der Waals surface area contributed by atoms with Gasteiger partial charge in [0.2, 0.25) is 6.29 Å². The van der Waals surface area contributed by atoms with Gasteiger partial charge in [-0.05, 0) is 47.5 Å². The Morgan fingerprint density at radius 3 is 1.97 bits per heavy atom. The highest BCUT2D eigenvalue weighted by molar-refractivity contribution is 5.91. The van der Waals surface area contributed by atoms with Crippen molar-refractivity contribution in [2.45, 2.75) is 30.7 Å². The first-order chi connectivity index (χ1) is 18.5. The molecule has 12 heteroatoms. The molecule has 3 aromatic carbocycles. The van der Waals surface area contributed by atoms with Gasteiger partial charge in [0.25, 0.3) is 0 Å². The van der Waals surface area contributed by atoms with Crippen LogP contribution < -0.4 is 4.74 Å². The number of ether oxygens (including phenoxy) is 3. The van der Waals surface area contributed by atoms with Crippen LogP contribution in [0.15, 0.2) is 54.6 Å². The minimum absolute atomic E-state index is 0.0799. The summed E-state index contributed by atoms with van der Waals surface area (Å²) >= 11 is 0. The smallest absolute Gasteiger partial charge is 0.338 e. The second-order valence-electron chi connectivity index (χ2n) is 8.78. The molecule has 8 N–H and O–H groups in total. The van der Waals surface area contributed by atoms with Crippen molar-refractivity contribution in [3.63, 3.8) is 0 Å². The SMILES string of the molecule is O=C(OC[C@@H]1O[C@@H](Oc2ccc(/C=C/c3cc(O)cc(O)c3)cc2)[C@H](O)[C@@H](O)[C@@H]1O)c1cc(O)c(O)c(O)c1. The molecule has 0 unspecified atom stereocenters. The number of phenols is 5. The highest BCUT2D eigenvalue weighted by atomic mass is 16.7. The molecule has 0 aromatic heterocycles. The van der Waals surface area contributed by atoms with Crippen molar-refractivity contribution in [2.75, 3.05) is 6.61 Å². The first kappa shape index (κ1) is 27.5. The lowest BCUT2D eigenvalue weighted by Gasteiger charge is -2.39. The van der Waals surface area contributed by atoms with E-state index in [4.69, 9.17) is 14.2 Å². The molecule has 1 saturated heterocycles. The predicted octanol–water partition coefficient (Wildman–Crippen LogP) is 1.43. The highest BCUT2D eigenvalue weighted by Gasteiger charge is 2.45. The van der Waals surface area contributed by atoms with E-state index in [1.807, 2.05) is 0 Å². The number of benzene rings is 3. The molecule has 3 aromatic rings. The van der Waals surface area contributed by atoms with Crippen LogP contribution in [0, 0.1) is 0 Å². The van der Waals surface area contributed by atoms with Gasteiger partial charge in [-0.3, -0.25) is 0 Å². The van der Waals surface area contributed by atoms with Crippen LogP contribution in [0.25, 0.3) is 12.2 Å². The van der Waals surface area contributed by atoms with Gasteiger partial charge in [0.05, 0.1) is 5.56 Å². The standard InChI is InChI=1S/C27H26O12/c28-16-7-14(8-17(29)11-16)2-1-13-3-5-18(6-4-13)38-27-25(35)24(34)23(33)21(39-27)12-37-26(36)15-9-19(30)22(32)20(31)10-15/h1-11,21,23-25,27-35H,12H2/b2-1+/t21-,23+,24-,25+,27+/m0/s1. The third kappa shape index (κ3) is 6.51. The number of rotatable bonds is 7. The summed E-state index contributed by atoms with van der Waals surface area (Å²) in [5.41, 5.74) is 1.02. The molecule has 1 fully saturated rings. The van der Waals surface area contributed by atoms with Crippen molar-refractivity contribution >= 4 is 18.1 Å². The van der Waals surface area contributed by atoms with Crippen LogP contribution >= 0.6 is 0 Å². The van der Waals surface area contributed by atoms with Crippen LogP contribution in [0.2, 0.25) is 0 Å². The summed E-state index contributed by atoms with van der Waals surface area (Å²) in [6.07, 6.45) is -4.33. The van der Waals surface area contributed by atoms with Gasteiger partial charge >= 0.3 is 5.97 Å². The first-order valence-electron chi connectivity index (χ1n) is 11.6. The zero-order chi connectivity index (χ0) is 28.3. The number of phenolic OH excluding ortho intramolecular Hbond substituents is 5. The van der Waals surface area contributed by atoms with E-state index in [1.54, 1.807) is 36.4 Å². The molecule has 0 spiro atoms. The molecule has 5 atom stereocenters. The topological polar surface area (TPSA) is 207 Å². The number of carbonyl (C=O) groups excluding carboxylic acids is 1. The molecule has 0 aliphatic carbocycles. The first-order valence-corrected chi connectivity index (χ1v) is 11.6. The molecular weight excluding hydrogens is 516 g/mol. The average Bonchev–Trinajstić information content (AvgIpc) is 2.90. The van der Waals surface area contributed by atoms with Crippen molar-refractivity contribution in [3.8, 4) is 34.5 Å². The van der Waals surface area contributed by atoms with Gasteiger partial charge in [-0.1, -0.05) is 24.3 Å². The second-order valence-corrected chi connectivity index (χ2v) is 8.78. The maximum atomic E-state index is 12.3. The van der Waals surface area contributed by atoms with Gasteiger partial charge in [-0.25, -0.2) is 4.79 Å².